The van der Waals surface area contributed by atoms with Crippen molar-refractivity contribution in [3.8, 4) is 0 Å². The first kappa shape index (κ1) is 39.2. The van der Waals surface area contributed by atoms with E-state index in [1.54, 1.807) is 0 Å². The van der Waals surface area contributed by atoms with Crippen LogP contribution in [0.5, 0.6) is 0 Å². The first-order valence-electron chi connectivity index (χ1n) is 14.3. The summed E-state index contributed by atoms with van der Waals surface area (Å²) in [5, 5.41) is -3.47. The molecule has 21 heteroatoms. The summed E-state index contributed by atoms with van der Waals surface area (Å²) in [6, 6.07) is 6.23. The van der Waals surface area contributed by atoms with Gasteiger partial charge in [0.15, 0.2) is 31.9 Å². The lowest BCUT2D eigenvalue weighted by Crippen LogP contribution is -2.54. The molecule has 0 radical (unpaired) electrons. The van der Waals surface area contributed by atoms with E-state index in [0.717, 1.165) is 34.1 Å². The second-order valence-electron chi connectivity index (χ2n) is 11.7. The number of hydrogen-bond acceptors (Lipinski definition) is 7. The fourth-order valence-electron chi connectivity index (χ4n) is 5.58. The third-order valence-corrected chi connectivity index (χ3v) is 12.3. The van der Waals surface area contributed by atoms with Crippen LogP contribution in [0.15, 0.2) is 48.5 Å². The van der Waals surface area contributed by atoms with Gasteiger partial charge in [-0.1, -0.05) is 36.4 Å². The zero-order valence-corrected chi connectivity index (χ0v) is 26.5. The van der Waals surface area contributed by atoms with Crippen LogP contribution in [0.3, 0.4) is 0 Å². The van der Waals surface area contributed by atoms with Crippen LogP contribution in [0.2, 0.25) is 0 Å². The third kappa shape index (κ3) is 9.79. The van der Waals surface area contributed by atoms with E-state index < -0.39 is 129 Å². The molecule has 0 saturated carbocycles. The molecule has 0 aromatic heterocycles. The highest BCUT2D eigenvalue weighted by atomic mass is 32.2. The SMILES string of the molecule is O=S1(=O)CCN(C[C@H](O[C@@H](CN2CCS(=O)(=O)[C@H](c3cccc(C(F)(F)F)c3)C2)C(F)(F)F)C(F)(F)F)C[C@H]1c1cccc(C(F)(F)F)c1. The Hall–Kier alpha value is -2.62. The normalized spacial score (nSPS) is 24.0. The molecule has 0 spiro atoms. The second-order valence-corrected chi connectivity index (χ2v) is 16.3. The van der Waals surface area contributed by atoms with Gasteiger partial charge >= 0.3 is 24.7 Å². The molecule has 0 amide bonds. The van der Waals surface area contributed by atoms with Gasteiger partial charge in [-0.3, -0.25) is 9.80 Å². The van der Waals surface area contributed by atoms with E-state index in [1.165, 1.54) is 0 Å². The monoisotopic (exact) mass is 764 g/mol. The Morgan fingerprint density at radius 1 is 0.612 bits per heavy atom. The van der Waals surface area contributed by atoms with Gasteiger partial charge in [0.2, 0.25) is 0 Å². The molecule has 7 nitrogen and oxygen atoms in total. The van der Waals surface area contributed by atoms with E-state index >= 15 is 0 Å². The summed E-state index contributed by atoms with van der Waals surface area (Å²) < 4.78 is 220. The maximum absolute atomic E-state index is 14.1. The maximum Gasteiger partial charge on any atom is 0.416 e. The van der Waals surface area contributed by atoms with Crippen LogP contribution in [0.25, 0.3) is 0 Å². The van der Waals surface area contributed by atoms with E-state index in [0.29, 0.717) is 24.3 Å². The van der Waals surface area contributed by atoms with Gasteiger partial charge in [-0.15, -0.1) is 0 Å². The van der Waals surface area contributed by atoms with Gasteiger partial charge < -0.3 is 4.74 Å². The van der Waals surface area contributed by atoms with Gasteiger partial charge in [0.1, 0.15) is 0 Å². The molecule has 2 aromatic carbocycles. The number of sulfone groups is 2. The molecule has 49 heavy (non-hydrogen) atoms. The van der Waals surface area contributed by atoms with Gasteiger partial charge in [0.25, 0.3) is 0 Å². The molecular weight excluding hydrogens is 736 g/mol. The largest absolute Gasteiger partial charge is 0.416 e. The van der Waals surface area contributed by atoms with Crippen molar-refractivity contribution in [3.63, 3.8) is 0 Å². The highest BCUT2D eigenvalue weighted by molar-refractivity contribution is 7.92. The van der Waals surface area contributed by atoms with Gasteiger partial charge in [-0.2, -0.15) is 52.7 Å². The van der Waals surface area contributed by atoms with Crippen molar-refractivity contribution in [2.24, 2.45) is 0 Å². The van der Waals surface area contributed by atoms with Crippen LogP contribution in [0, 0.1) is 0 Å². The zero-order valence-electron chi connectivity index (χ0n) is 24.9. The van der Waals surface area contributed by atoms with Crippen molar-refractivity contribution in [2.45, 2.75) is 47.4 Å². The van der Waals surface area contributed by atoms with E-state index in [4.69, 9.17) is 0 Å². The summed E-state index contributed by atoms with van der Waals surface area (Å²) >= 11 is 0. The minimum Gasteiger partial charge on any atom is -0.353 e. The average molecular weight is 765 g/mol. The predicted molar refractivity (Wildman–Crippen MR) is 150 cm³/mol. The number of benzene rings is 2. The number of alkyl halides is 12. The summed E-state index contributed by atoms with van der Waals surface area (Å²) in [6.07, 6.45) is -27.0. The topological polar surface area (TPSA) is 84.0 Å². The maximum atomic E-state index is 14.1. The standard InChI is InChI=1S/C28H28F12N2O5S2/c29-25(30,31)19-5-1-3-17(11-19)21-13-41(7-9-48(21,43)44)15-23(27(35,36)37)47-24(28(38,39)40)16-42-8-10-49(45,46)22(14-42)18-4-2-6-20(12-18)26(32,33)34/h1-6,11-12,21-24H,7-10,13-16H2/t21-,22-,23-,24-/m0/s1. The molecule has 2 fully saturated rings. The molecule has 2 aromatic rings. The summed E-state index contributed by atoms with van der Waals surface area (Å²) in [5.74, 6) is -1.64. The Kier molecular flexibility index (Phi) is 11.1. The molecule has 2 saturated heterocycles. The number of ether oxygens (including phenoxy) is 1. The van der Waals surface area contributed by atoms with Crippen LogP contribution in [0.1, 0.15) is 32.8 Å². The van der Waals surface area contributed by atoms with Crippen molar-refractivity contribution >= 4 is 19.7 Å². The molecule has 4 rings (SSSR count). The van der Waals surface area contributed by atoms with E-state index in [9.17, 15) is 69.5 Å². The van der Waals surface area contributed by atoms with E-state index in [2.05, 4.69) is 4.74 Å². The predicted octanol–water partition coefficient (Wildman–Crippen LogP) is 5.85. The molecule has 0 unspecified atom stereocenters. The molecule has 276 valence electrons. The molecule has 2 aliphatic heterocycles. The minimum atomic E-state index is -5.46. The van der Waals surface area contributed by atoms with Crippen LogP contribution < -0.4 is 0 Å². The van der Waals surface area contributed by atoms with Gasteiger partial charge in [0, 0.05) is 39.3 Å². The molecule has 0 aliphatic carbocycles. The van der Waals surface area contributed by atoms with Crippen molar-refractivity contribution in [1.82, 2.24) is 9.80 Å². The molecule has 2 aliphatic rings. The van der Waals surface area contributed by atoms with Gasteiger partial charge in [-0.25, -0.2) is 16.8 Å². The molecule has 0 N–H and O–H groups in total. The first-order chi connectivity index (χ1) is 22.3. The Bertz CT molecular complexity index is 1570. The lowest BCUT2D eigenvalue weighted by molar-refractivity contribution is -0.290. The van der Waals surface area contributed by atoms with E-state index in [1.807, 2.05) is 0 Å². The lowest BCUT2D eigenvalue weighted by Gasteiger charge is -2.38. The molecule has 0 bridgehead atoms. The molecule has 4 atom stereocenters. The zero-order chi connectivity index (χ0) is 36.8. The van der Waals surface area contributed by atoms with Crippen LogP contribution in [-0.2, 0) is 36.8 Å². The Morgan fingerprint density at radius 3 is 1.27 bits per heavy atom. The molecular formula is C28H28F12N2O5S2. The highest BCUT2D eigenvalue weighted by Gasteiger charge is 2.51. The average Bonchev–Trinajstić information content (AvgIpc) is 2.96. The number of nitrogens with zero attached hydrogens (tertiary/aromatic N) is 2. The van der Waals surface area contributed by atoms with Crippen molar-refractivity contribution < 1.29 is 74.3 Å². The number of rotatable bonds is 8. The van der Waals surface area contributed by atoms with E-state index in [-0.39, 0.29) is 11.1 Å². The van der Waals surface area contributed by atoms with Crippen molar-refractivity contribution in [3.05, 3.63) is 70.8 Å². The summed E-state index contributed by atoms with van der Waals surface area (Å²) in [4.78, 5) is 1.63. The van der Waals surface area contributed by atoms with Crippen LogP contribution in [0.4, 0.5) is 52.7 Å². The number of hydrogen-bond donors (Lipinski definition) is 0. The van der Waals surface area contributed by atoms with Crippen LogP contribution in [-0.4, -0.2) is 102 Å². The van der Waals surface area contributed by atoms with Gasteiger partial charge in [0.05, 0.1) is 33.1 Å². The third-order valence-electron chi connectivity index (χ3n) is 8.18. The smallest absolute Gasteiger partial charge is 0.353 e. The Morgan fingerprint density at radius 2 is 0.959 bits per heavy atom. The van der Waals surface area contributed by atoms with Crippen molar-refractivity contribution in [1.29, 1.82) is 0 Å². The number of halogens is 12. The fraction of sp³-hybridized carbons (Fsp3) is 0.571. The summed E-state index contributed by atoms with van der Waals surface area (Å²) in [5.41, 5.74) is -3.20. The lowest BCUT2D eigenvalue weighted by atomic mass is 10.1. The van der Waals surface area contributed by atoms with Gasteiger partial charge in [-0.05, 0) is 23.3 Å². The summed E-state index contributed by atoms with van der Waals surface area (Å²) in [7, 11) is -8.37. The Balaban J connectivity index is 1.54. The molecule has 2 heterocycles. The van der Waals surface area contributed by atoms with Crippen molar-refractivity contribution in [2.75, 3.05) is 50.8 Å². The fourth-order valence-corrected chi connectivity index (χ4v) is 9.17. The quantitative estimate of drug-likeness (QED) is 0.313. The highest BCUT2D eigenvalue weighted by Crippen LogP contribution is 2.38. The minimum absolute atomic E-state index is 0.382. The summed E-state index contributed by atoms with van der Waals surface area (Å²) in [6.45, 7) is -5.46. The van der Waals surface area contributed by atoms with Crippen LogP contribution >= 0.6 is 0 Å². The Labute approximate surface area is 272 Å². The first-order valence-corrected chi connectivity index (χ1v) is 17.7. The second kappa shape index (κ2) is 13.8.